The third-order valence-electron chi connectivity index (χ3n) is 10.5. The molecule has 214 valence electrons. The maximum atomic E-state index is 13.3. The number of benzene rings is 1. The molecule has 8 unspecified atom stereocenters. The summed E-state index contributed by atoms with van der Waals surface area (Å²) in [5, 5.41) is 60.5. The van der Waals surface area contributed by atoms with Gasteiger partial charge in [-0.2, -0.15) is 0 Å². The summed E-state index contributed by atoms with van der Waals surface area (Å²) >= 11 is 0. The fourth-order valence-electron chi connectivity index (χ4n) is 8.63. The van der Waals surface area contributed by atoms with E-state index in [9.17, 15) is 35.1 Å². The summed E-state index contributed by atoms with van der Waals surface area (Å²) in [5.74, 6) is -3.64. The molecule has 4 aliphatic rings. The lowest BCUT2D eigenvalue weighted by atomic mass is 9.48. The van der Waals surface area contributed by atoms with Gasteiger partial charge in [0.15, 0.2) is 11.4 Å². The first-order valence-electron chi connectivity index (χ1n) is 14.5. The number of ketones is 2. The van der Waals surface area contributed by atoms with Crippen molar-refractivity contribution in [3.8, 4) is 0 Å². The molecule has 11 atom stereocenters. The van der Waals surface area contributed by atoms with Crippen molar-refractivity contribution in [1.82, 2.24) is 5.32 Å². The Morgan fingerprint density at radius 3 is 2.38 bits per heavy atom. The molecular weight excluding hydrogens is 498 g/mol. The summed E-state index contributed by atoms with van der Waals surface area (Å²) < 4.78 is 0. The van der Waals surface area contributed by atoms with Gasteiger partial charge in [-0.25, -0.2) is 0 Å². The molecule has 0 bridgehead atoms. The summed E-state index contributed by atoms with van der Waals surface area (Å²) in [6.07, 6.45) is -1.06. The summed E-state index contributed by atoms with van der Waals surface area (Å²) in [6.45, 7) is 6.16. The van der Waals surface area contributed by atoms with E-state index in [1.807, 2.05) is 18.2 Å². The Kier molecular flexibility index (Phi) is 7.81. The third kappa shape index (κ3) is 4.68. The average molecular weight is 542 g/mol. The van der Waals surface area contributed by atoms with Crippen LogP contribution in [0.5, 0.6) is 0 Å². The van der Waals surface area contributed by atoms with Crippen LogP contribution in [0.15, 0.2) is 41.7 Å². The van der Waals surface area contributed by atoms with Gasteiger partial charge in [0.1, 0.15) is 11.3 Å². The van der Waals surface area contributed by atoms with E-state index in [-0.39, 0.29) is 36.0 Å². The summed E-state index contributed by atoms with van der Waals surface area (Å²) in [5.41, 5.74) is -1.52. The highest BCUT2D eigenvalue weighted by atomic mass is 16.4. The van der Waals surface area contributed by atoms with E-state index in [1.54, 1.807) is 0 Å². The van der Waals surface area contributed by atoms with Crippen LogP contribution in [0.1, 0.15) is 52.0 Å². The topological polar surface area (TPSA) is 147 Å². The Labute approximate surface area is 230 Å². The molecule has 0 heterocycles. The molecule has 8 heteroatoms. The van der Waals surface area contributed by atoms with Crippen LogP contribution in [-0.2, 0) is 16.0 Å². The van der Waals surface area contributed by atoms with Crippen molar-refractivity contribution in [3.63, 3.8) is 0 Å². The smallest absolute Gasteiger partial charge is 0.204 e. The molecule has 6 N–H and O–H groups in total. The van der Waals surface area contributed by atoms with Crippen LogP contribution < -0.4 is 5.32 Å². The van der Waals surface area contributed by atoms with Gasteiger partial charge in [-0.3, -0.25) is 9.59 Å². The first-order valence-corrected chi connectivity index (χ1v) is 14.5. The van der Waals surface area contributed by atoms with Gasteiger partial charge in [0, 0.05) is 30.2 Å². The Balaban J connectivity index is 1.40. The molecule has 0 spiro atoms. The number of allylic oxidation sites excluding steroid dienone is 1. The van der Waals surface area contributed by atoms with Crippen LogP contribution in [0.3, 0.4) is 0 Å². The average Bonchev–Trinajstić information content (AvgIpc) is 2.87. The first kappa shape index (κ1) is 28.4. The second kappa shape index (κ2) is 10.7. The van der Waals surface area contributed by atoms with Crippen molar-refractivity contribution in [3.05, 3.63) is 47.2 Å². The minimum Gasteiger partial charge on any atom is -0.511 e. The zero-order valence-electron chi connectivity index (χ0n) is 23.0. The highest BCUT2D eigenvalue weighted by molar-refractivity contribution is 6.23. The van der Waals surface area contributed by atoms with Gasteiger partial charge in [-0.15, -0.1) is 0 Å². The van der Waals surface area contributed by atoms with Crippen LogP contribution in [0.25, 0.3) is 0 Å². The van der Waals surface area contributed by atoms with Crippen molar-refractivity contribution in [2.24, 2.45) is 41.4 Å². The minimum absolute atomic E-state index is 0.0260. The number of carbonyl (C=O) groups excluding carboxylic acids is 2. The van der Waals surface area contributed by atoms with Crippen molar-refractivity contribution in [2.45, 2.75) is 82.8 Å². The molecule has 1 aromatic carbocycles. The number of aliphatic hydroxyl groups excluding tert-OH is 4. The summed E-state index contributed by atoms with van der Waals surface area (Å²) in [6, 6.07) is 9.88. The molecule has 8 nitrogen and oxygen atoms in total. The Hall–Kier alpha value is -2.10. The van der Waals surface area contributed by atoms with Gasteiger partial charge < -0.3 is 30.8 Å². The fourth-order valence-corrected chi connectivity index (χ4v) is 8.63. The van der Waals surface area contributed by atoms with Gasteiger partial charge in [0.2, 0.25) is 5.78 Å². The molecule has 1 aromatic rings. The highest BCUT2D eigenvalue weighted by Gasteiger charge is 2.66. The standard InChI is InChI=1S/C31H43NO7/c1-15(2)20-14-22(32-10-9-17-7-5-4-6-8-17)27(35)26-21(20)12-18-11-19-13-23(34)24(16(3)33)29(37)31(19,39)30(38)25(18)28(26)36/h4-8,15,18-22,25-28,30,32,34-36,38-39H,9-14H2,1-3H3/t18-,19+,20?,21?,22?,25?,26?,27?,28?,30?,31-/m1/s1. The Bertz CT molecular complexity index is 1120. The molecular formula is C31H43NO7. The SMILES string of the molecule is CC(=O)C1=C(O)C[C@@H]2C[C@@H]3CC4C(C(C)C)CC(NCCc5ccccc5)C(O)C4C(O)C3C(O)[C@]2(O)C1=O. The van der Waals surface area contributed by atoms with E-state index in [2.05, 4.69) is 31.3 Å². The number of aliphatic hydroxyl groups is 5. The van der Waals surface area contributed by atoms with Crippen molar-refractivity contribution in [2.75, 3.05) is 6.54 Å². The van der Waals surface area contributed by atoms with Crippen molar-refractivity contribution < 1.29 is 35.1 Å². The summed E-state index contributed by atoms with van der Waals surface area (Å²) in [7, 11) is 0. The van der Waals surface area contributed by atoms with Crippen LogP contribution in [-0.4, -0.2) is 73.6 Å². The third-order valence-corrected chi connectivity index (χ3v) is 10.5. The second-order valence-electron chi connectivity index (χ2n) is 12.8. The van der Waals surface area contributed by atoms with Crippen LogP contribution >= 0.6 is 0 Å². The number of hydrogen-bond acceptors (Lipinski definition) is 8. The number of hydrogen-bond donors (Lipinski definition) is 6. The zero-order chi connectivity index (χ0) is 28.2. The monoisotopic (exact) mass is 541 g/mol. The number of carbonyl (C=O) groups is 2. The van der Waals surface area contributed by atoms with Gasteiger partial charge in [-0.05, 0) is 68.4 Å². The molecule has 0 radical (unpaired) electrons. The van der Waals surface area contributed by atoms with E-state index >= 15 is 0 Å². The minimum atomic E-state index is -2.26. The molecule has 39 heavy (non-hydrogen) atoms. The van der Waals surface area contributed by atoms with Crippen LogP contribution in [0.2, 0.25) is 0 Å². The van der Waals surface area contributed by atoms with Gasteiger partial charge in [-0.1, -0.05) is 44.2 Å². The number of Topliss-reactive ketones (excluding diaryl/α,β-unsaturated/α-hetero) is 2. The maximum absolute atomic E-state index is 13.3. The lowest BCUT2D eigenvalue weighted by molar-refractivity contribution is -0.233. The van der Waals surface area contributed by atoms with Crippen molar-refractivity contribution in [1.29, 1.82) is 0 Å². The number of fused-ring (bicyclic) bond motifs is 3. The van der Waals surface area contributed by atoms with Crippen LogP contribution in [0, 0.1) is 41.4 Å². The predicted octanol–water partition coefficient (Wildman–Crippen LogP) is 1.94. The van der Waals surface area contributed by atoms with Crippen molar-refractivity contribution >= 4 is 11.6 Å². The normalized spacial score (nSPS) is 42.1. The van der Waals surface area contributed by atoms with E-state index in [0.717, 1.165) is 19.8 Å². The van der Waals surface area contributed by atoms with E-state index in [4.69, 9.17) is 0 Å². The zero-order valence-corrected chi connectivity index (χ0v) is 23.0. The summed E-state index contributed by atoms with van der Waals surface area (Å²) in [4.78, 5) is 25.4. The molecule has 0 saturated heterocycles. The van der Waals surface area contributed by atoms with Gasteiger partial charge in [0.05, 0.1) is 18.3 Å². The first-order chi connectivity index (χ1) is 18.5. The highest BCUT2D eigenvalue weighted by Crippen LogP contribution is 2.58. The molecule has 0 aliphatic heterocycles. The Morgan fingerprint density at radius 2 is 1.74 bits per heavy atom. The largest absolute Gasteiger partial charge is 0.511 e. The molecule has 0 amide bonds. The molecule has 4 aliphatic carbocycles. The molecule has 3 saturated carbocycles. The Morgan fingerprint density at radius 1 is 1.05 bits per heavy atom. The lowest BCUT2D eigenvalue weighted by Gasteiger charge is -2.60. The molecule has 5 rings (SSSR count). The second-order valence-corrected chi connectivity index (χ2v) is 12.8. The maximum Gasteiger partial charge on any atom is 0.204 e. The predicted molar refractivity (Wildman–Crippen MR) is 144 cm³/mol. The lowest BCUT2D eigenvalue weighted by Crippen LogP contribution is -2.70. The molecule has 3 fully saturated rings. The quantitative estimate of drug-likeness (QED) is 0.300. The van der Waals surface area contributed by atoms with Gasteiger partial charge in [0.25, 0.3) is 0 Å². The van der Waals surface area contributed by atoms with E-state index in [0.29, 0.717) is 25.3 Å². The van der Waals surface area contributed by atoms with E-state index in [1.165, 1.54) is 5.56 Å². The number of rotatable bonds is 6. The van der Waals surface area contributed by atoms with Crippen LogP contribution in [0.4, 0.5) is 0 Å². The number of nitrogens with one attached hydrogen (secondary N) is 1. The molecule has 0 aromatic heterocycles. The van der Waals surface area contributed by atoms with Gasteiger partial charge >= 0.3 is 0 Å². The van der Waals surface area contributed by atoms with E-state index < -0.39 is 58.8 Å². The fraction of sp³-hybridized carbons (Fsp3) is 0.677.